The Hall–Kier alpha value is -2.07. The van der Waals surface area contributed by atoms with E-state index in [1.54, 1.807) is 0 Å². The topological polar surface area (TPSA) is 58.6 Å². The number of aliphatic hydroxyl groups excluding tert-OH is 1. The first-order chi connectivity index (χ1) is 12.3. The van der Waals surface area contributed by atoms with Crippen LogP contribution in [-0.2, 0) is 4.74 Å². The summed E-state index contributed by atoms with van der Waals surface area (Å²) >= 11 is 0. The van der Waals surface area contributed by atoms with Gasteiger partial charge in [-0.25, -0.2) is 4.79 Å². The molecule has 0 bridgehead atoms. The van der Waals surface area contributed by atoms with E-state index in [9.17, 15) is 9.90 Å². The van der Waals surface area contributed by atoms with Gasteiger partial charge >= 0.3 is 6.09 Å². The monoisotopic (exact) mass is 357 g/mol. The number of hydrogen-bond acceptors (Lipinski definition) is 3. The Bertz CT molecular complexity index is 721. The number of rotatable bonds is 7. The first kappa shape index (κ1) is 20.2. The lowest BCUT2D eigenvalue weighted by Crippen LogP contribution is -2.41. The van der Waals surface area contributed by atoms with Gasteiger partial charge in [0.1, 0.15) is 0 Å². The van der Waals surface area contributed by atoms with Gasteiger partial charge in [0.2, 0.25) is 0 Å². The van der Waals surface area contributed by atoms with Gasteiger partial charge in [0.05, 0.1) is 12.7 Å². The van der Waals surface area contributed by atoms with Crippen molar-refractivity contribution in [3.63, 3.8) is 0 Å². The van der Waals surface area contributed by atoms with Crippen molar-refractivity contribution in [2.45, 2.75) is 64.5 Å². The molecule has 142 valence electrons. The highest BCUT2D eigenvalue weighted by atomic mass is 16.5. The van der Waals surface area contributed by atoms with Crippen LogP contribution in [0.25, 0.3) is 10.8 Å². The molecule has 4 nitrogen and oxygen atoms in total. The standard InChI is InChI=1S/C22H31NO3/c1-5-8-20(24)19(13-14-26-21(25)23-22(2,3)4)18-12-11-16-9-6-7-10-17(16)15-18/h6-7,9-12,15,19-20,24H,5,8,13-14H2,1-4H3,(H,23,25). The summed E-state index contributed by atoms with van der Waals surface area (Å²) in [5.41, 5.74) is 0.765. The highest BCUT2D eigenvalue weighted by molar-refractivity contribution is 5.83. The van der Waals surface area contributed by atoms with E-state index in [2.05, 4.69) is 42.6 Å². The first-order valence-electron chi connectivity index (χ1n) is 9.42. The summed E-state index contributed by atoms with van der Waals surface area (Å²) in [6, 6.07) is 14.5. The number of ether oxygens (including phenoxy) is 1. The number of benzene rings is 2. The summed E-state index contributed by atoms with van der Waals surface area (Å²) in [4.78, 5) is 11.9. The minimum absolute atomic E-state index is 0.0537. The quantitative estimate of drug-likeness (QED) is 0.733. The second kappa shape index (κ2) is 9.04. The molecular weight excluding hydrogens is 326 g/mol. The van der Waals surface area contributed by atoms with Gasteiger partial charge in [-0.15, -0.1) is 0 Å². The number of amides is 1. The number of nitrogens with one attached hydrogen (secondary N) is 1. The second-order valence-electron chi connectivity index (χ2n) is 7.87. The minimum atomic E-state index is -0.449. The van der Waals surface area contributed by atoms with Crippen molar-refractivity contribution < 1.29 is 14.6 Å². The molecule has 0 aliphatic heterocycles. The van der Waals surface area contributed by atoms with E-state index in [-0.39, 0.29) is 18.1 Å². The summed E-state index contributed by atoms with van der Waals surface area (Å²) in [6.45, 7) is 8.08. The van der Waals surface area contributed by atoms with Crippen molar-refractivity contribution in [3.05, 3.63) is 48.0 Å². The van der Waals surface area contributed by atoms with E-state index in [0.29, 0.717) is 6.42 Å². The average molecular weight is 357 g/mol. The molecule has 2 N–H and O–H groups in total. The van der Waals surface area contributed by atoms with Gasteiger partial charge in [0.15, 0.2) is 0 Å². The van der Waals surface area contributed by atoms with E-state index in [0.717, 1.165) is 23.8 Å². The Balaban J connectivity index is 2.08. The molecule has 2 aromatic carbocycles. The van der Waals surface area contributed by atoms with E-state index in [1.807, 2.05) is 32.9 Å². The predicted octanol–water partition coefficient (Wildman–Crippen LogP) is 5.00. The fourth-order valence-corrected chi connectivity index (χ4v) is 3.14. The van der Waals surface area contributed by atoms with Crippen molar-refractivity contribution in [2.75, 3.05) is 6.61 Å². The molecule has 0 aliphatic carbocycles. The lowest BCUT2D eigenvalue weighted by molar-refractivity contribution is 0.100. The number of alkyl carbamates (subject to hydrolysis) is 1. The summed E-state index contributed by atoms with van der Waals surface area (Å²) in [7, 11) is 0. The zero-order valence-corrected chi connectivity index (χ0v) is 16.3. The number of aliphatic hydroxyl groups is 1. The largest absolute Gasteiger partial charge is 0.450 e. The van der Waals surface area contributed by atoms with Gasteiger partial charge in [0.25, 0.3) is 0 Å². The molecule has 2 atom stereocenters. The van der Waals surface area contributed by atoms with Gasteiger partial charge in [-0.05, 0) is 49.9 Å². The van der Waals surface area contributed by atoms with Crippen molar-refractivity contribution in [1.29, 1.82) is 0 Å². The maximum absolute atomic E-state index is 11.9. The fourth-order valence-electron chi connectivity index (χ4n) is 3.14. The van der Waals surface area contributed by atoms with Crippen molar-refractivity contribution in [2.24, 2.45) is 0 Å². The lowest BCUT2D eigenvalue weighted by atomic mass is 9.87. The Kier molecular flexibility index (Phi) is 7.04. The smallest absolute Gasteiger partial charge is 0.407 e. The van der Waals surface area contributed by atoms with Crippen LogP contribution in [0.4, 0.5) is 4.79 Å². The molecule has 4 heteroatoms. The molecule has 0 radical (unpaired) electrons. The Morgan fingerprint density at radius 3 is 2.46 bits per heavy atom. The third-order valence-corrected chi connectivity index (χ3v) is 4.39. The maximum Gasteiger partial charge on any atom is 0.407 e. The van der Waals surface area contributed by atoms with E-state index >= 15 is 0 Å². The molecule has 0 saturated heterocycles. The van der Waals surface area contributed by atoms with Gasteiger partial charge in [0, 0.05) is 11.5 Å². The van der Waals surface area contributed by atoms with E-state index < -0.39 is 12.2 Å². The van der Waals surface area contributed by atoms with E-state index in [4.69, 9.17) is 4.74 Å². The third-order valence-electron chi connectivity index (χ3n) is 4.39. The van der Waals surface area contributed by atoms with Crippen LogP contribution in [0, 0.1) is 0 Å². The maximum atomic E-state index is 11.9. The molecule has 26 heavy (non-hydrogen) atoms. The molecule has 0 saturated carbocycles. The van der Waals surface area contributed by atoms with Gasteiger partial charge in [-0.1, -0.05) is 55.8 Å². The third kappa shape index (κ3) is 6.03. The zero-order valence-electron chi connectivity index (χ0n) is 16.3. The SMILES string of the molecule is CCCC(O)C(CCOC(=O)NC(C)(C)C)c1ccc2ccccc2c1. The molecule has 0 aliphatic rings. The number of hydrogen-bond donors (Lipinski definition) is 2. The van der Waals surface area contributed by atoms with Gasteiger partial charge in [-0.2, -0.15) is 0 Å². The predicted molar refractivity (Wildman–Crippen MR) is 106 cm³/mol. The van der Waals surface area contributed by atoms with Crippen molar-refractivity contribution >= 4 is 16.9 Å². The lowest BCUT2D eigenvalue weighted by Gasteiger charge is -2.24. The van der Waals surface area contributed by atoms with Gasteiger partial charge < -0.3 is 15.2 Å². The van der Waals surface area contributed by atoms with Crippen LogP contribution in [0.3, 0.4) is 0 Å². The molecule has 2 unspecified atom stereocenters. The molecule has 1 amide bonds. The molecule has 0 spiro atoms. The van der Waals surface area contributed by atoms with Crippen molar-refractivity contribution in [1.82, 2.24) is 5.32 Å². The summed E-state index contributed by atoms with van der Waals surface area (Å²) < 4.78 is 5.32. The summed E-state index contributed by atoms with van der Waals surface area (Å²) in [6.07, 6.45) is 1.37. The zero-order chi connectivity index (χ0) is 19.2. The molecule has 2 rings (SSSR count). The number of carbonyl (C=O) groups is 1. The van der Waals surface area contributed by atoms with Crippen LogP contribution >= 0.6 is 0 Å². The number of fused-ring (bicyclic) bond motifs is 1. The Morgan fingerprint density at radius 2 is 1.81 bits per heavy atom. The summed E-state index contributed by atoms with van der Waals surface area (Å²) in [5.74, 6) is -0.0537. The highest BCUT2D eigenvalue weighted by Gasteiger charge is 2.22. The normalized spacial score (nSPS) is 14.0. The van der Waals surface area contributed by atoms with Gasteiger partial charge in [-0.3, -0.25) is 0 Å². The minimum Gasteiger partial charge on any atom is -0.450 e. The van der Waals surface area contributed by atoms with Crippen LogP contribution in [0.2, 0.25) is 0 Å². The first-order valence-corrected chi connectivity index (χ1v) is 9.42. The Morgan fingerprint density at radius 1 is 1.12 bits per heavy atom. The average Bonchev–Trinajstić information content (AvgIpc) is 2.57. The molecular formula is C22H31NO3. The van der Waals surface area contributed by atoms with Crippen molar-refractivity contribution in [3.8, 4) is 0 Å². The highest BCUT2D eigenvalue weighted by Crippen LogP contribution is 2.29. The number of carbonyl (C=O) groups excluding carboxylic acids is 1. The molecule has 0 aromatic heterocycles. The van der Waals surface area contributed by atoms with Crippen LogP contribution in [0.1, 0.15) is 58.4 Å². The van der Waals surface area contributed by atoms with Crippen LogP contribution in [-0.4, -0.2) is 29.4 Å². The molecule has 0 fully saturated rings. The molecule has 2 aromatic rings. The van der Waals surface area contributed by atoms with Crippen LogP contribution in [0.15, 0.2) is 42.5 Å². The molecule has 0 heterocycles. The van der Waals surface area contributed by atoms with Crippen LogP contribution in [0.5, 0.6) is 0 Å². The summed E-state index contributed by atoms with van der Waals surface area (Å²) in [5, 5.41) is 15.8. The second-order valence-corrected chi connectivity index (χ2v) is 7.87. The van der Waals surface area contributed by atoms with Crippen LogP contribution < -0.4 is 5.32 Å². The Labute approximate surface area is 156 Å². The fraction of sp³-hybridized carbons (Fsp3) is 0.500. The van der Waals surface area contributed by atoms with E-state index in [1.165, 1.54) is 5.39 Å².